The van der Waals surface area contributed by atoms with Gasteiger partial charge in [-0.15, -0.1) is 0 Å². The number of aromatic nitrogens is 2. The minimum atomic E-state index is -2.64. The van der Waals surface area contributed by atoms with E-state index < -0.39 is 13.7 Å². The van der Waals surface area contributed by atoms with Gasteiger partial charge in [-0.25, -0.2) is 0 Å². The molecule has 0 unspecified atom stereocenters. The quantitative estimate of drug-likeness (QED) is 0.160. The first kappa shape index (κ1) is 28.0. The van der Waals surface area contributed by atoms with Gasteiger partial charge in [0.15, 0.2) is 0 Å². The number of para-hydroxylation sites is 2. The van der Waals surface area contributed by atoms with Crippen molar-refractivity contribution in [3.63, 3.8) is 0 Å². The molecule has 0 fully saturated rings. The lowest BCUT2D eigenvalue weighted by Crippen LogP contribution is -1.99. The molecular formula is C56H40N2. The molecule has 2 heterocycles. The van der Waals surface area contributed by atoms with Crippen molar-refractivity contribution in [2.75, 3.05) is 0 Å². The highest BCUT2D eigenvalue weighted by atomic mass is 15.0. The normalized spacial score (nSPS) is 13.6. The van der Waals surface area contributed by atoms with Gasteiger partial charge in [0.2, 0.25) is 0 Å². The summed E-state index contributed by atoms with van der Waals surface area (Å²) in [4.78, 5) is 0. The molecule has 11 rings (SSSR count). The van der Waals surface area contributed by atoms with Crippen molar-refractivity contribution in [2.24, 2.45) is 0 Å². The van der Waals surface area contributed by atoms with E-state index in [9.17, 15) is 8.22 Å². The zero-order valence-corrected chi connectivity index (χ0v) is 31.5. The van der Waals surface area contributed by atoms with Gasteiger partial charge >= 0.3 is 0 Å². The Kier molecular flexibility index (Phi) is 6.60. The summed E-state index contributed by atoms with van der Waals surface area (Å²) in [6, 6.07) is 68.9. The maximum absolute atomic E-state index is 9.27. The highest BCUT2D eigenvalue weighted by Gasteiger charge is 2.24. The SMILES string of the molecule is [2H]C([2H])([2H])c1c2c3ccccc3n(-c3ccc(-c4ccc(-c5ccccc5)cc4)cc3)c2c(C([2H])([2H])[2H])c2c3ccccc3n(-c3ccc(-c4ccc(-c5ccccc5)cc4)cc3)c12. The fourth-order valence-electron chi connectivity index (χ4n) is 8.81. The van der Waals surface area contributed by atoms with E-state index in [2.05, 4.69) is 72.8 Å². The summed E-state index contributed by atoms with van der Waals surface area (Å²) in [5, 5.41) is 2.16. The van der Waals surface area contributed by atoms with Gasteiger partial charge in [0, 0.05) is 41.1 Å². The van der Waals surface area contributed by atoms with E-state index in [0.29, 0.717) is 32.6 Å². The van der Waals surface area contributed by atoms with Crippen LogP contribution in [0.15, 0.2) is 206 Å². The molecule has 0 saturated carbocycles. The van der Waals surface area contributed by atoms with Gasteiger partial charge in [-0.1, -0.05) is 170 Å². The van der Waals surface area contributed by atoms with Crippen LogP contribution in [0.1, 0.15) is 19.4 Å². The van der Waals surface area contributed by atoms with Crippen LogP contribution in [0.5, 0.6) is 0 Å². The first-order valence-corrected chi connectivity index (χ1v) is 19.6. The predicted molar refractivity (Wildman–Crippen MR) is 246 cm³/mol. The number of hydrogen-bond donors (Lipinski definition) is 0. The molecule has 0 amide bonds. The summed E-state index contributed by atoms with van der Waals surface area (Å²) in [6.45, 7) is -5.28. The standard InChI is InChI=1S/C56H40N2/c1-37-53-49-17-9-11-19-51(49)58(48-35-31-46(32-36-48)44-27-23-42(24-28-44)40-15-7-4-8-16-40)56(53)38(2)54-50-18-10-12-20-52(50)57(55(37)54)47-33-29-45(30-34-47)43-25-21-41(22-26-43)39-13-5-3-6-14-39/h3-36H,1-2H3/i1D3,2D3. The lowest BCUT2D eigenvalue weighted by molar-refractivity contribution is 1.16. The van der Waals surface area contributed by atoms with Gasteiger partial charge in [0.25, 0.3) is 0 Å². The Bertz CT molecular complexity index is 3270. The molecular weight excluding hydrogens is 701 g/mol. The lowest BCUT2D eigenvalue weighted by atomic mass is 9.98. The minimum Gasteiger partial charge on any atom is -0.309 e. The molecule has 274 valence electrons. The third-order valence-corrected chi connectivity index (χ3v) is 11.6. The number of fused-ring (bicyclic) bond motifs is 6. The topological polar surface area (TPSA) is 9.86 Å². The first-order chi connectivity index (χ1) is 31.0. The third kappa shape index (κ3) is 5.41. The average molecular weight is 747 g/mol. The van der Waals surface area contributed by atoms with Crippen molar-refractivity contribution in [1.82, 2.24) is 9.13 Å². The van der Waals surface area contributed by atoms with E-state index in [1.807, 2.05) is 143 Å². The van der Waals surface area contributed by atoms with E-state index in [0.717, 1.165) is 66.9 Å². The van der Waals surface area contributed by atoms with Crippen LogP contribution < -0.4 is 0 Å². The van der Waals surface area contributed by atoms with Gasteiger partial charge < -0.3 is 9.13 Å². The highest BCUT2D eigenvalue weighted by Crippen LogP contribution is 2.45. The van der Waals surface area contributed by atoms with Crippen LogP contribution in [0.3, 0.4) is 0 Å². The van der Waals surface area contributed by atoms with Gasteiger partial charge in [0.05, 0.1) is 22.1 Å². The summed E-state index contributed by atoms with van der Waals surface area (Å²) in [6.07, 6.45) is 0. The molecule has 0 saturated heterocycles. The van der Waals surface area contributed by atoms with Crippen molar-refractivity contribution in [1.29, 1.82) is 0 Å². The Balaban J connectivity index is 1.13. The fourth-order valence-corrected chi connectivity index (χ4v) is 8.81. The Morgan fingerprint density at radius 1 is 0.293 bits per heavy atom. The van der Waals surface area contributed by atoms with Crippen LogP contribution in [0.4, 0.5) is 0 Å². The molecule has 0 aliphatic rings. The van der Waals surface area contributed by atoms with Crippen molar-refractivity contribution < 1.29 is 8.22 Å². The van der Waals surface area contributed by atoms with Crippen LogP contribution in [0, 0.1) is 13.7 Å². The summed E-state index contributed by atoms with van der Waals surface area (Å²) < 4.78 is 59.6. The maximum Gasteiger partial charge on any atom is 0.0580 e. The van der Waals surface area contributed by atoms with Crippen LogP contribution in [-0.4, -0.2) is 9.13 Å². The van der Waals surface area contributed by atoms with Crippen LogP contribution >= 0.6 is 0 Å². The number of rotatable bonds is 6. The van der Waals surface area contributed by atoms with Crippen LogP contribution in [0.2, 0.25) is 0 Å². The first-order valence-electron chi connectivity index (χ1n) is 22.6. The Morgan fingerprint density at radius 3 is 0.897 bits per heavy atom. The predicted octanol–water partition coefficient (Wildman–Crippen LogP) is 15.2. The molecule has 2 aromatic heterocycles. The van der Waals surface area contributed by atoms with E-state index in [1.54, 1.807) is 0 Å². The summed E-state index contributed by atoms with van der Waals surface area (Å²) in [7, 11) is 0. The monoisotopic (exact) mass is 746 g/mol. The average Bonchev–Trinajstić information content (AvgIpc) is 3.84. The molecule has 58 heavy (non-hydrogen) atoms. The zero-order valence-electron chi connectivity index (χ0n) is 37.5. The number of nitrogens with zero attached hydrogens (tertiary/aromatic N) is 2. The van der Waals surface area contributed by atoms with Gasteiger partial charge in [-0.3, -0.25) is 0 Å². The van der Waals surface area contributed by atoms with Crippen molar-refractivity contribution in [2.45, 2.75) is 13.7 Å². The fraction of sp³-hybridized carbons (Fsp3) is 0.0357. The lowest BCUT2D eigenvalue weighted by Gasteiger charge is -2.15. The summed E-state index contributed by atoms with van der Waals surface area (Å²) in [5.74, 6) is 0. The molecule has 2 heteroatoms. The van der Waals surface area contributed by atoms with Crippen LogP contribution in [0.25, 0.3) is 99.5 Å². The maximum atomic E-state index is 9.27. The molecule has 0 spiro atoms. The molecule has 11 aromatic rings. The number of aryl methyl sites for hydroxylation is 2. The molecule has 0 aliphatic heterocycles. The second-order valence-corrected chi connectivity index (χ2v) is 14.9. The minimum absolute atomic E-state index is 0.118. The molecule has 0 atom stereocenters. The molecule has 0 bridgehead atoms. The van der Waals surface area contributed by atoms with E-state index in [-0.39, 0.29) is 11.1 Å². The summed E-state index contributed by atoms with van der Waals surface area (Å²) in [5.41, 5.74) is 12.5. The molecule has 0 radical (unpaired) electrons. The summed E-state index contributed by atoms with van der Waals surface area (Å²) >= 11 is 0. The Labute approximate surface area is 346 Å². The molecule has 0 N–H and O–H groups in total. The van der Waals surface area contributed by atoms with E-state index in [1.165, 1.54) is 0 Å². The molecule has 9 aromatic carbocycles. The van der Waals surface area contributed by atoms with E-state index >= 15 is 0 Å². The second kappa shape index (κ2) is 13.7. The van der Waals surface area contributed by atoms with Gasteiger partial charge in [0.1, 0.15) is 0 Å². The van der Waals surface area contributed by atoms with Gasteiger partial charge in [-0.2, -0.15) is 0 Å². The number of hydrogen-bond acceptors (Lipinski definition) is 0. The number of benzene rings is 9. The largest absolute Gasteiger partial charge is 0.309 e. The zero-order chi connectivity index (χ0) is 43.7. The van der Waals surface area contributed by atoms with Crippen LogP contribution in [-0.2, 0) is 0 Å². The Morgan fingerprint density at radius 2 is 0.569 bits per heavy atom. The van der Waals surface area contributed by atoms with Crippen molar-refractivity contribution in [3.8, 4) is 55.9 Å². The highest BCUT2D eigenvalue weighted by molar-refractivity contribution is 6.23. The second-order valence-electron chi connectivity index (χ2n) is 14.9. The molecule has 2 nitrogen and oxygen atoms in total. The third-order valence-electron chi connectivity index (χ3n) is 11.6. The molecule has 0 aliphatic carbocycles. The Hall–Kier alpha value is -7.42. The smallest absolute Gasteiger partial charge is 0.0580 e. The van der Waals surface area contributed by atoms with Crippen molar-refractivity contribution in [3.05, 3.63) is 217 Å². The van der Waals surface area contributed by atoms with E-state index in [4.69, 9.17) is 0 Å². The van der Waals surface area contributed by atoms with Gasteiger partial charge in [-0.05, 0) is 106 Å². The van der Waals surface area contributed by atoms with Crippen molar-refractivity contribution >= 4 is 43.6 Å².